The average Bonchev–Trinajstić information content (AvgIpc) is 4.08. The zero-order valence-electron chi connectivity index (χ0n) is 42.0. The molecule has 0 spiro atoms. The van der Waals surface area contributed by atoms with E-state index in [9.17, 15) is 0 Å². The predicted octanol–water partition coefficient (Wildman–Crippen LogP) is 19.9. The van der Waals surface area contributed by atoms with Crippen molar-refractivity contribution in [2.45, 2.75) is 43.9 Å². The zero-order chi connectivity index (χ0) is 49.4. The molecule has 0 unspecified atom stereocenters. The highest BCUT2D eigenvalue weighted by Gasteiger charge is 2.60. The van der Waals surface area contributed by atoms with Gasteiger partial charge in [-0.1, -0.05) is 161 Å². The molecule has 352 valence electrons. The molecule has 2 aromatic heterocycles. The Balaban J connectivity index is 0.997. The SMILES string of the molecule is C[Si](C)(C)C1([Si](C)(C)C)c2c(ccc3cc(N(c4ccccc4)c4ccc5oc6ccccc6c5c4)ccc23)-c2c1c1ccc(N(c3ccccc3)c3ccc4oc5ccccc5c4c3)cc1c1ccccc21. The molecule has 4 nitrogen and oxygen atoms in total. The van der Waals surface area contributed by atoms with Gasteiger partial charge in [0.15, 0.2) is 0 Å². The maximum atomic E-state index is 6.33. The summed E-state index contributed by atoms with van der Waals surface area (Å²) in [6.45, 7) is 15.9. The number of para-hydroxylation sites is 4. The van der Waals surface area contributed by atoms with Crippen LogP contribution >= 0.6 is 0 Å². The van der Waals surface area contributed by atoms with Gasteiger partial charge < -0.3 is 18.6 Å². The van der Waals surface area contributed by atoms with Crippen LogP contribution in [0.1, 0.15) is 11.1 Å². The fourth-order valence-electron chi connectivity index (χ4n) is 13.6. The quantitative estimate of drug-likeness (QED) is 0.112. The molecular weight excluding hydrogens is 921 g/mol. The summed E-state index contributed by atoms with van der Waals surface area (Å²) < 4.78 is 12.5. The van der Waals surface area contributed by atoms with Crippen LogP contribution in [0, 0.1) is 0 Å². The second-order valence-corrected chi connectivity index (χ2v) is 33.1. The van der Waals surface area contributed by atoms with Gasteiger partial charge in [0, 0.05) is 60.3 Å². The lowest BCUT2D eigenvalue weighted by atomic mass is 9.91. The largest absolute Gasteiger partial charge is 0.456 e. The Labute approximate surface area is 427 Å². The number of furan rings is 2. The van der Waals surface area contributed by atoms with Crippen LogP contribution in [0.15, 0.2) is 227 Å². The molecule has 11 aromatic carbocycles. The molecule has 1 aliphatic rings. The van der Waals surface area contributed by atoms with Crippen molar-refractivity contribution >= 4 is 126 Å². The second-order valence-electron chi connectivity index (χ2n) is 22.1. The third-order valence-electron chi connectivity index (χ3n) is 16.1. The fourth-order valence-corrected chi connectivity index (χ4v) is 26.6. The van der Waals surface area contributed by atoms with Gasteiger partial charge in [0.25, 0.3) is 0 Å². The standard InChI is InChI=1S/C67H54N2O2Si2/c1-72(2,3)67(73(4,5)6)65-50-35-30-46(68(44-19-9-7-10-20-44)48-32-37-62-58(41-48)52-24-15-17-27-60(52)70-62)39-43(50)29-34-56(65)64-54-26-14-13-23-51(54)57-40-47(31-36-55(57)66(64)67)69(45-21-11-8-12-22-45)49-33-38-63-59(42-49)53-25-16-18-28-61(53)71-63/h7-42H,1-6H3. The third-order valence-corrected chi connectivity index (χ3v) is 26.1. The number of nitrogens with zero attached hydrogens (tertiary/aromatic N) is 2. The monoisotopic (exact) mass is 974 g/mol. The van der Waals surface area contributed by atoms with Crippen molar-refractivity contribution in [2.24, 2.45) is 0 Å². The highest BCUT2D eigenvalue weighted by Crippen LogP contribution is 2.63. The van der Waals surface area contributed by atoms with Crippen LogP contribution < -0.4 is 9.80 Å². The average molecular weight is 975 g/mol. The van der Waals surface area contributed by atoms with E-state index in [0.29, 0.717) is 0 Å². The van der Waals surface area contributed by atoms with Crippen molar-refractivity contribution < 1.29 is 8.83 Å². The van der Waals surface area contributed by atoms with Gasteiger partial charge >= 0.3 is 0 Å². The molecule has 0 saturated carbocycles. The minimum absolute atomic E-state index is 0.144. The van der Waals surface area contributed by atoms with E-state index in [1.165, 1.54) is 49.0 Å². The van der Waals surface area contributed by atoms with E-state index in [4.69, 9.17) is 8.83 Å². The Morgan fingerprint density at radius 1 is 0.301 bits per heavy atom. The summed E-state index contributed by atoms with van der Waals surface area (Å²) in [6.07, 6.45) is 0. The molecule has 0 bridgehead atoms. The highest BCUT2D eigenvalue weighted by molar-refractivity contribution is 7.00. The van der Waals surface area contributed by atoms with E-state index in [2.05, 4.69) is 255 Å². The maximum Gasteiger partial charge on any atom is 0.135 e. The molecular formula is C67H54N2O2Si2. The van der Waals surface area contributed by atoms with E-state index in [1.807, 2.05) is 12.1 Å². The number of benzene rings is 11. The smallest absolute Gasteiger partial charge is 0.135 e. The van der Waals surface area contributed by atoms with E-state index >= 15 is 0 Å². The van der Waals surface area contributed by atoms with Gasteiger partial charge in [0.2, 0.25) is 0 Å². The summed E-state index contributed by atoms with van der Waals surface area (Å²) in [5.41, 5.74) is 16.1. The second kappa shape index (κ2) is 15.9. The van der Waals surface area contributed by atoms with Gasteiger partial charge in [0.05, 0.1) is 16.1 Å². The molecule has 2 heterocycles. The molecule has 0 aliphatic heterocycles. The summed E-state index contributed by atoms with van der Waals surface area (Å²) in [6, 6.07) is 80.3. The van der Waals surface area contributed by atoms with Crippen molar-refractivity contribution in [1.82, 2.24) is 0 Å². The lowest BCUT2D eigenvalue weighted by molar-refractivity contribution is 0.668. The zero-order valence-corrected chi connectivity index (χ0v) is 44.0. The van der Waals surface area contributed by atoms with E-state index in [0.717, 1.165) is 78.0 Å². The summed E-state index contributed by atoms with van der Waals surface area (Å²) in [5.74, 6) is 0. The Morgan fingerprint density at radius 3 is 1.26 bits per heavy atom. The molecule has 14 rings (SSSR count). The maximum absolute atomic E-state index is 6.33. The lowest BCUT2D eigenvalue weighted by Crippen LogP contribution is -2.63. The number of fused-ring (bicyclic) bond motifs is 16. The Morgan fingerprint density at radius 2 is 0.726 bits per heavy atom. The normalized spacial score (nSPS) is 13.5. The summed E-state index contributed by atoms with van der Waals surface area (Å²) in [7, 11) is -4.35. The number of anilines is 6. The molecule has 0 N–H and O–H groups in total. The van der Waals surface area contributed by atoms with Crippen molar-refractivity contribution in [1.29, 1.82) is 0 Å². The predicted molar refractivity (Wildman–Crippen MR) is 316 cm³/mol. The van der Waals surface area contributed by atoms with Crippen LogP contribution in [0.5, 0.6) is 0 Å². The third kappa shape index (κ3) is 6.36. The summed E-state index contributed by atoms with van der Waals surface area (Å²) in [5, 5.41) is 12.4. The lowest BCUT2D eigenvalue weighted by Gasteiger charge is -2.52. The molecule has 0 atom stereocenters. The molecule has 0 saturated heterocycles. The van der Waals surface area contributed by atoms with E-state index in [1.54, 1.807) is 5.56 Å². The van der Waals surface area contributed by atoms with Gasteiger partial charge in [-0.15, -0.1) is 0 Å². The molecule has 0 amide bonds. The first-order valence-corrected chi connectivity index (χ1v) is 32.6. The molecule has 73 heavy (non-hydrogen) atoms. The Kier molecular flexibility index (Phi) is 9.51. The molecule has 0 radical (unpaired) electrons. The fraction of sp³-hybridized carbons (Fsp3) is 0.104. The van der Waals surface area contributed by atoms with E-state index < -0.39 is 16.1 Å². The van der Waals surface area contributed by atoms with Crippen LogP contribution in [-0.2, 0) is 4.66 Å². The van der Waals surface area contributed by atoms with Crippen LogP contribution in [-0.4, -0.2) is 16.1 Å². The van der Waals surface area contributed by atoms with Gasteiger partial charge in [-0.25, -0.2) is 0 Å². The molecule has 0 fully saturated rings. The van der Waals surface area contributed by atoms with Crippen LogP contribution in [0.2, 0.25) is 39.3 Å². The first-order valence-electron chi connectivity index (χ1n) is 25.6. The van der Waals surface area contributed by atoms with Crippen molar-refractivity contribution in [3.05, 3.63) is 230 Å². The minimum atomic E-state index is -2.18. The topological polar surface area (TPSA) is 32.8 Å². The van der Waals surface area contributed by atoms with Crippen LogP contribution in [0.25, 0.3) is 87.3 Å². The first-order chi connectivity index (χ1) is 35.5. The van der Waals surface area contributed by atoms with Crippen LogP contribution in [0.3, 0.4) is 0 Å². The molecule has 6 heteroatoms. The highest BCUT2D eigenvalue weighted by atomic mass is 28.4. The van der Waals surface area contributed by atoms with E-state index in [-0.39, 0.29) is 4.66 Å². The summed E-state index contributed by atoms with van der Waals surface area (Å²) >= 11 is 0. The Hall–Kier alpha value is -8.17. The van der Waals surface area contributed by atoms with Gasteiger partial charge in [0.1, 0.15) is 22.3 Å². The van der Waals surface area contributed by atoms with Crippen molar-refractivity contribution in [3.63, 3.8) is 0 Å². The van der Waals surface area contributed by atoms with Gasteiger partial charge in [-0.2, -0.15) is 0 Å². The summed E-state index contributed by atoms with van der Waals surface area (Å²) in [4.78, 5) is 4.82. The molecule has 1 aliphatic carbocycles. The number of rotatable bonds is 8. The minimum Gasteiger partial charge on any atom is -0.456 e. The first kappa shape index (κ1) is 43.6. The molecule has 13 aromatic rings. The van der Waals surface area contributed by atoms with Crippen LogP contribution in [0.4, 0.5) is 34.1 Å². The van der Waals surface area contributed by atoms with Crippen molar-refractivity contribution in [3.8, 4) is 11.1 Å². The van der Waals surface area contributed by atoms with Gasteiger partial charge in [-0.3, -0.25) is 0 Å². The van der Waals surface area contributed by atoms with Crippen molar-refractivity contribution in [2.75, 3.05) is 9.80 Å². The Bertz CT molecular complexity index is 4360. The van der Waals surface area contributed by atoms with Gasteiger partial charge in [-0.05, 0) is 152 Å². The number of hydrogen-bond donors (Lipinski definition) is 0. The number of hydrogen-bond acceptors (Lipinski definition) is 4.